The lowest BCUT2D eigenvalue weighted by atomic mass is 10.2. The third kappa shape index (κ3) is 9.55. The lowest BCUT2D eigenvalue weighted by Gasteiger charge is -2.12. The zero-order chi connectivity index (χ0) is 46.4. The van der Waals surface area contributed by atoms with E-state index in [0.29, 0.717) is 51.4 Å². The third-order valence-electron chi connectivity index (χ3n) is 10.2. The van der Waals surface area contributed by atoms with Crippen molar-refractivity contribution in [3.63, 3.8) is 0 Å². The summed E-state index contributed by atoms with van der Waals surface area (Å²) in [5.41, 5.74) is 1.97. The van der Waals surface area contributed by atoms with Crippen LogP contribution in [0.2, 0.25) is 5.02 Å². The minimum Gasteiger partial charge on any atom is -0.457 e. The van der Waals surface area contributed by atoms with E-state index >= 15 is 0 Å². The summed E-state index contributed by atoms with van der Waals surface area (Å²) in [7, 11) is 0. The molecule has 0 aliphatic heterocycles. The molecule has 10 aromatic rings. The first-order chi connectivity index (χ1) is 32.6. The van der Waals surface area contributed by atoms with Gasteiger partial charge in [-0.25, -0.2) is 18.7 Å². The maximum Gasteiger partial charge on any atom is 0.267 e. The summed E-state index contributed by atoms with van der Waals surface area (Å²) in [5.74, 6) is 0.306. The smallest absolute Gasteiger partial charge is 0.267 e. The second-order valence-electron chi connectivity index (χ2n) is 14.5. The van der Waals surface area contributed by atoms with Gasteiger partial charge in [-0.3, -0.25) is 28.3 Å². The highest BCUT2D eigenvalue weighted by atomic mass is 35.5. The number of halogens is 3. The van der Waals surface area contributed by atoms with Gasteiger partial charge in [-0.05, 0) is 133 Å². The molecule has 6 heterocycles. The monoisotopic (exact) mass is 914 g/mol. The highest BCUT2D eigenvalue weighted by molar-refractivity contribution is 6.34. The number of rotatable bonds is 10. The normalized spacial score (nSPS) is 10.9. The SMILES string of the molecule is O=C(Nc1ccc(Oc2ccnc3[nH]ccc23)cc1)c1cccn(-c2ccc(F)cc2)c1=O.O=C(Nc1ccc(Oc2ccnc3[nH]ccc23)cc1Cl)c1cccn(-c2ccc(F)cc2)c1=O. The number of hydrogen-bond donors (Lipinski definition) is 4. The molecule has 6 aromatic heterocycles. The van der Waals surface area contributed by atoms with Gasteiger partial charge in [0.15, 0.2) is 0 Å². The summed E-state index contributed by atoms with van der Waals surface area (Å²) in [6.45, 7) is 0. The second-order valence-corrected chi connectivity index (χ2v) is 14.9. The van der Waals surface area contributed by atoms with Crippen molar-refractivity contribution >= 4 is 56.9 Å². The minimum absolute atomic E-state index is 0.0335. The number of pyridine rings is 4. The van der Waals surface area contributed by atoms with Crippen LogP contribution in [0.1, 0.15) is 20.7 Å². The maximum absolute atomic E-state index is 13.2. The molecule has 0 fully saturated rings. The molecule has 2 amide bonds. The number of carbonyl (C=O) groups is 2. The molecule has 0 saturated heterocycles. The van der Waals surface area contributed by atoms with Crippen molar-refractivity contribution in [1.82, 2.24) is 29.1 Å². The molecule has 10 rings (SSSR count). The van der Waals surface area contributed by atoms with E-state index in [9.17, 15) is 28.0 Å². The number of nitrogens with one attached hydrogen (secondary N) is 4. The first-order valence-corrected chi connectivity index (χ1v) is 20.6. The van der Waals surface area contributed by atoms with Crippen LogP contribution in [-0.2, 0) is 0 Å². The van der Waals surface area contributed by atoms with Crippen LogP contribution in [0.25, 0.3) is 33.4 Å². The molecule has 17 heteroatoms. The zero-order valence-electron chi connectivity index (χ0n) is 34.6. The molecule has 67 heavy (non-hydrogen) atoms. The van der Waals surface area contributed by atoms with Crippen LogP contribution < -0.4 is 31.2 Å². The van der Waals surface area contributed by atoms with Crippen molar-refractivity contribution in [2.45, 2.75) is 0 Å². The Bertz CT molecular complexity index is 3560. The van der Waals surface area contributed by atoms with Crippen LogP contribution in [0.3, 0.4) is 0 Å². The predicted molar refractivity (Wildman–Crippen MR) is 250 cm³/mol. The van der Waals surface area contributed by atoms with Crippen molar-refractivity contribution in [1.29, 1.82) is 0 Å². The van der Waals surface area contributed by atoms with Crippen LogP contribution in [-0.4, -0.2) is 40.9 Å². The van der Waals surface area contributed by atoms with Crippen LogP contribution in [0.15, 0.2) is 186 Å². The van der Waals surface area contributed by atoms with E-state index in [4.69, 9.17) is 21.1 Å². The molecule has 14 nitrogen and oxygen atoms in total. The molecule has 0 aliphatic carbocycles. The molecule has 330 valence electrons. The quantitative estimate of drug-likeness (QED) is 0.105. The average Bonchev–Trinajstić information content (AvgIpc) is 4.03. The zero-order valence-corrected chi connectivity index (χ0v) is 35.4. The Kier molecular flexibility index (Phi) is 12.2. The Morgan fingerprint density at radius 3 is 1.55 bits per heavy atom. The van der Waals surface area contributed by atoms with Gasteiger partial charge in [0.05, 0.1) is 21.5 Å². The van der Waals surface area contributed by atoms with Gasteiger partial charge in [0.2, 0.25) is 0 Å². The number of aromatic nitrogens is 6. The lowest BCUT2D eigenvalue weighted by Crippen LogP contribution is -2.27. The molecule has 0 saturated carbocycles. The molecular formula is C50H33ClF2N8O6. The molecule has 4 N–H and O–H groups in total. The Morgan fingerprint density at radius 2 is 1.04 bits per heavy atom. The Balaban J connectivity index is 0.000000168. The molecule has 0 aliphatic rings. The number of nitrogens with zero attached hydrogens (tertiary/aromatic N) is 4. The van der Waals surface area contributed by atoms with Gasteiger partial charge in [0.1, 0.15) is 57.1 Å². The number of fused-ring (bicyclic) bond motifs is 2. The molecule has 0 radical (unpaired) electrons. The van der Waals surface area contributed by atoms with E-state index in [-0.39, 0.29) is 16.1 Å². The van der Waals surface area contributed by atoms with E-state index in [2.05, 4.69) is 30.6 Å². The van der Waals surface area contributed by atoms with Crippen LogP contribution in [0.4, 0.5) is 20.2 Å². The number of aromatic amines is 2. The summed E-state index contributed by atoms with van der Waals surface area (Å²) in [6.07, 6.45) is 9.87. The number of carbonyl (C=O) groups excluding carboxylic acids is 2. The third-order valence-corrected chi connectivity index (χ3v) is 10.5. The van der Waals surface area contributed by atoms with Crippen LogP contribution in [0.5, 0.6) is 23.0 Å². The molecule has 0 bridgehead atoms. The highest BCUT2D eigenvalue weighted by Gasteiger charge is 2.17. The number of ether oxygens (including phenoxy) is 2. The van der Waals surface area contributed by atoms with Gasteiger partial charge < -0.3 is 30.1 Å². The summed E-state index contributed by atoms with van der Waals surface area (Å²) in [5, 5.41) is 7.29. The molecular weight excluding hydrogens is 882 g/mol. The number of amides is 2. The van der Waals surface area contributed by atoms with Crippen molar-refractivity contribution < 1.29 is 27.8 Å². The predicted octanol–water partition coefficient (Wildman–Crippen LogP) is 10.4. The minimum atomic E-state index is -0.625. The van der Waals surface area contributed by atoms with Gasteiger partial charge in [-0.1, -0.05) is 11.6 Å². The molecule has 0 spiro atoms. The van der Waals surface area contributed by atoms with E-state index in [1.54, 1.807) is 91.5 Å². The Hall–Kier alpha value is -9.15. The summed E-state index contributed by atoms with van der Waals surface area (Å²) >= 11 is 6.37. The second kappa shape index (κ2) is 18.9. The fourth-order valence-electron chi connectivity index (χ4n) is 6.90. The number of benzene rings is 4. The molecule has 0 unspecified atom stereocenters. The van der Waals surface area contributed by atoms with Crippen molar-refractivity contribution in [2.24, 2.45) is 0 Å². The van der Waals surface area contributed by atoms with Gasteiger partial charge in [-0.2, -0.15) is 0 Å². The maximum atomic E-state index is 13.2. The molecule has 4 aromatic carbocycles. The van der Waals surface area contributed by atoms with Gasteiger partial charge in [0, 0.05) is 60.3 Å². The molecule has 0 atom stereocenters. The van der Waals surface area contributed by atoms with E-state index in [1.165, 1.54) is 82.2 Å². The highest BCUT2D eigenvalue weighted by Crippen LogP contribution is 2.33. The summed E-state index contributed by atoms with van der Waals surface area (Å²) in [6, 6.07) is 35.7. The lowest BCUT2D eigenvalue weighted by molar-refractivity contribution is 0.101. The first kappa shape index (κ1) is 43.1. The van der Waals surface area contributed by atoms with E-state index in [0.717, 1.165) is 16.4 Å². The van der Waals surface area contributed by atoms with Crippen LogP contribution >= 0.6 is 11.6 Å². The van der Waals surface area contributed by atoms with Crippen LogP contribution in [0, 0.1) is 11.6 Å². The summed E-state index contributed by atoms with van der Waals surface area (Å²) < 4.78 is 40.8. The van der Waals surface area contributed by atoms with Crippen molar-refractivity contribution in [3.05, 3.63) is 225 Å². The van der Waals surface area contributed by atoms with E-state index in [1.807, 2.05) is 12.1 Å². The number of H-pyrrole nitrogens is 2. The largest absolute Gasteiger partial charge is 0.457 e. The van der Waals surface area contributed by atoms with Crippen molar-refractivity contribution in [2.75, 3.05) is 10.6 Å². The van der Waals surface area contributed by atoms with E-state index < -0.39 is 34.6 Å². The van der Waals surface area contributed by atoms with Gasteiger partial charge >= 0.3 is 0 Å². The standard InChI is InChI=1S/C25H16ClFN4O3.C25H17FN4O3/c26-20-14-17(34-22-10-12-29-23-18(22)9-11-28-23)7-8-21(20)30-24(32)19-2-1-13-31(25(19)33)16-5-3-15(27)4-6-16;26-16-3-7-18(8-4-16)30-15-1-2-21(25(30)32)24(31)29-17-5-9-19(10-6-17)33-22-12-14-28-23-20(22)11-13-27-23/h1-14H,(H,28,29)(H,30,32);1-15H,(H,27,28)(H,29,31). The fourth-order valence-corrected chi connectivity index (χ4v) is 7.12. The summed E-state index contributed by atoms with van der Waals surface area (Å²) in [4.78, 5) is 65.7. The Labute approximate surface area is 382 Å². The topological polar surface area (TPSA) is 178 Å². The fraction of sp³-hybridized carbons (Fsp3) is 0. The Morgan fingerprint density at radius 1 is 0.567 bits per heavy atom. The number of anilines is 2. The van der Waals surface area contributed by atoms with Crippen molar-refractivity contribution in [3.8, 4) is 34.4 Å². The number of hydrogen-bond acceptors (Lipinski definition) is 8. The first-order valence-electron chi connectivity index (χ1n) is 20.3. The van der Waals surface area contributed by atoms with Gasteiger partial charge in [-0.15, -0.1) is 0 Å². The van der Waals surface area contributed by atoms with Gasteiger partial charge in [0.25, 0.3) is 22.9 Å². The average molecular weight is 915 g/mol.